The first-order valence-corrected chi connectivity index (χ1v) is 6.12. The first kappa shape index (κ1) is 12.9. The molecule has 0 aromatic rings. The van der Waals surface area contributed by atoms with E-state index in [0.717, 1.165) is 45.8 Å². The highest BCUT2D eigenvalue weighted by Crippen LogP contribution is 2.19. The third-order valence-corrected chi connectivity index (χ3v) is 3.19. The van der Waals surface area contributed by atoms with E-state index >= 15 is 0 Å². The van der Waals surface area contributed by atoms with Crippen LogP contribution in [-0.2, 0) is 9.47 Å². The SMILES string of the molecule is CCNCC(C)(CC)OCC1CCOC1. The van der Waals surface area contributed by atoms with Crippen LogP contribution in [0.3, 0.4) is 0 Å². The summed E-state index contributed by atoms with van der Waals surface area (Å²) in [6.45, 7) is 11.1. The lowest BCUT2D eigenvalue weighted by atomic mass is 10.0. The van der Waals surface area contributed by atoms with Crippen molar-refractivity contribution in [3.63, 3.8) is 0 Å². The number of rotatable bonds is 7. The lowest BCUT2D eigenvalue weighted by molar-refractivity contribution is -0.0496. The van der Waals surface area contributed by atoms with Gasteiger partial charge < -0.3 is 14.8 Å². The van der Waals surface area contributed by atoms with Gasteiger partial charge in [0, 0.05) is 19.1 Å². The fraction of sp³-hybridized carbons (Fsp3) is 1.00. The molecule has 2 atom stereocenters. The van der Waals surface area contributed by atoms with Crippen LogP contribution in [0.4, 0.5) is 0 Å². The topological polar surface area (TPSA) is 30.5 Å². The minimum Gasteiger partial charge on any atom is -0.381 e. The third-order valence-electron chi connectivity index (χ3n) is 3.19. The summed E-state index contributed by atoms with van der Waals surface area (Å²) in [5.41, 5.74) is -0.0153. The van der Waals surface area contributed by atoms with Crippen molar-refractivity contribution in [3.05, 3.63) is 0 Å². The van der Waals surface area contributed by atoms with Gasteiger partial charge in [0.25, 0.3) is 0 Å². The van der Waals surface area contributed by atoms with E-state index in [-0.39, 0.29) is 5.60 Å². The van der Waals surface area contributed by atoms with E-state index in [9.17, 15) is 0 Å². The molecule has 3 nitrogen and oxygen atoms in total. The molecule has 1 N–H and O–H groups in total. The van der Waals surface area contributed by atoms with Gasteiger partial charge in [-0.2, -0.15) is 0 Å². The lowest BCUT2D eigenvalue weighted by Crippen LogP contribution is -2.41. The van der Waals surface area contributed by atoms with E-state index in [1.54, 1.807) is 0 Å². The summed E-state index contributed by atoms with van der Waals surface area (Å²) in [5, 5.41) is 3.36. The molecule has 0 amide bonds. The number of hydrogen-bond acceptors (Lipinski definition) is 3. The van der Waals surface area contributed by atoms with Crippen LogP contribution in [0, 0.1) is 5.92 Å². The van der Waals surface area contributed by atoms with Crippen molar-refractivity contribution in [3.8, 4) is 0 Å². The van der Waals surface area contributed by atoms with Gasteiger partial charge in [-0.3, -0.25) is 0 Å². The summed E-state index contributed by atoms with van der Waals surface area (Å²) >= 11 is 0. The molecule has 1 aliphatic heterocycles. The van der Waals surface area contributed by atoms with E-state index in [1.807, 2.05) is 0 Å². The first-order valence-electron chi connectivity index (χ1n) is 6.12. The molecule has 3 heteroatoms. The molecule has 15 heavy (non-hydrogen) atoms. The summed E-state index contributed by atoms with van der Waals surface area (Å²) in [6.07, 6.45) is 2.20. The van der Waals surface area contributed by atoms with Crippen LogP contribution >= 0.6 is 0 Å². The lowest BCUT2D eigenvalue weighted by Gasteiger charge is -2.30. The normalized spacial score (nSPS) is 25.4. The van der Waals surface area contributed by atoms with Crippen molar-refractivity contribution >= 4 is 0 Å². The third kappa shape index (κ3) is 4.49. The molecule has 1 heterocycles. The largest absolute Gasteiger partial charge is 0.381 e. The first-order chi connectivity index (χ1) is 7.20. The molecule has 1 saturated heterocycles. The van der Waals surface area contributed by atoms with Crippen molar-refractivity contribution in [1.82, 2.24) is 5.32 Å². The van der Waals surface area contributed by atoms with Crippen LogP contribution in [0.5, 0.6) is 0 Å². The Balaban J connectivity index is 2.24. The number of likely N-dealkylation sites (N-methyl/N-ethyl adjacent to an activating group) is 1. The second kappa shape index (κ2) is 6.46. The fourth-order valence-electron chi connectivity index (χ4n) is 1.70. The van der Waals surface area contributed by atoms with Gasteiger partial charge in [0.05, 0.1) is 18.8 Å². The van der Waals surface area contributed by atoms with Crippen LogP contribution in [0.1, 0.15) is 33.6 Å². The Bertz CT molecular complexity index is 169. The molecule has 0 bridgehead atoms. The predicted octanol–water partition coefficient (Wildman–Crippen LogP) is 1.82. The summed E-state index contributed by atoms with van der Waals surface area (Å²) in [5.74, 6) is 0.609. The van der Waals surface area contributed by atoms with E-state index in [1.165, 1.54) is 0 Å². The molecule has 0 aromatic carbocycles. The van der Waals surface area contributed by atoms with E-state index in [4.69, 9.17) is 9.47 Å². The maximum Gasteiger partial charge on any atom is 0.0775 e. The van der Waals surface area contributed by atoms with Crippen molar-refractivity contribution in [2.24, 2.45) is 5.92 Å². The Hall–Kier alpha value is -0.120. The van der Waals surface area contributed by atoms with Gasteiger partial charge in [-0.1, -0.05) is 13.8 Å². The Morgan fingerprint density at radius 1 is 1.47 bits per heavy atom. The average molecular weight is 215 g/mol. The Morgan fingerprint density at radius 3 is 2.80 bits per heavy atom. The van der Waals surface area contributed by atoms with Crippen LogP contribution in [-0.4, -0.2) is 38.5 Å². The monoisotopic (exact) mass is 215 g/mol. The van der Waals surface area contributed by atoms with E-state index < -0.39 is 0 Å². The second-order valence-corrected chi connectivity index (χ2v) is 4.62. The quantitative estimate of drug-likeness (QED) is 0.702. The van der Waals surface area contributed by atoms with Gasteiger partial charge in [-0.15, -0.1) is 0 Å². The Morgan fingerprint density at radius 2 is 2.27 bits per heavy atom. The maximum atomic E-state index is 6.02. The Labute approximate surface area is 93.5 Å². The second-order valence-electron chi connectivity index (χ2n) is 4.62. The predicted molar refractivity (Wildman–Crippen MR) is 62.1 cm³/mol. The molecule has 0 radical (unpaired) electrons. The average Bonchev–Trinajstić information content (AvgIpc) is 2.76. The summed E-state index contributed by atoms with van der Waals surface area (Å²) < 4.78 is 11.4. The molecule has 0 aromatic heterocycles. The maximum absolute atomic E-state index is 6.02. The summed E-state index contributed by atoms with van der Waals surface area (Å²) in [6, 6.07) is 0. The van der Waals surface area contributed by atoms with Gasteiger partial charge in [0.1, 0.15) is 0 Å². The summed E-state index contributed by atoms with van der Waals surface area (Å²) in [7, 11) is 0. The van der Waals surface area contributed by atoms with Gasteiger partial charge in [0.2, 0.25) is 0 Å². The van der Waals surface area contributed by atoms with Gasteiger partial charge >= 0.3 is 0 Å². The highest BCUT2D eigenvalue weighted by atomic mass is 16.5. The Kier molecular flexibility index (Phi) is 5.58. The van der Waals surface area contributed by atoms with Crippen molar-refractivity contribution in [2.45, 2.75) is 39.2 Å². The molecule has 1 rings (SSSR count). The van der Waals surface area contributed by atoms with Gasteiger partial charge in [0.15, 0.2) is 0 Å². The van der Waals surface area contributed by atoms with Gasteiger partial charge in [-0.05, 0) is 26.3 Å². The number of ether oxygens (including phenoxy) is 2. The fourth-order valence-corrected chi connectivity index (χ4v) is 1.70. The molecule has 1 aliphatic rings. The summed E-state index contributed by atoms with van der Waals surface area (Å²) in [4.78, 5) is 0. The molecular weight excluding hydrogens is 190 g/mol. The zero-order chi connectivity index (χ0) is 11.1. The zero-order valence-corrected chi connectivity index (χ0v) is 10.3. The molecule has 2 unspecified atom stereocenters. The van der Waals surface area contributed by atoms with Crippen molar-refractivity contribution in [1.29, 1.82) is 0 Å². The van der Waals surface area contributed by atoms with E-state index in [0.29, 0.717) is 5.92 Å². The van der Waals surface area contributed by atoms with Crippen LogP contribution in [0.2, 0.25) is 0 Å². The van der Waals surface area contributed by atoms with E-state index in [2.05, 4.69) is 26.1 Å². The standard InChI is InChI=1S/C12H25NO2/c1-4-12(3,10-13-5-2)15-9-11-6-7-14-8-11/h11,13H,4-10H2,1-3H3. The van der Waals surface area contributed by atoms with Crippen LogP contribution in [0.25, 0.3) is 0 Å². The molecule has 0 spiro atoms. The highest BCUT2D eigenvalue weighted by Gasteiger charge is 2.25. The van der Waals surface area contributed by atoms with Gasteiger partial charge in [-0.25, -0.2) is 0 Å². The van der Waals surface area contributed by atoms with Crippen molar-refractivity contribution in [2.75, 3.05) is 32.9 Å². The number of hydrogen-bond donors (Lipinski definition) is 1. The smallest absolute Gasteiger partial charge is 0.0775 e. The highest BCUT2D eigenvalue weighted by molar-refractivity contribution is 4.77. The van der Waals surface area contributed by atoms with Crippen molar-refractivity contribution < 1.29 is 9.47 Å². The minimum atomic E-state index is -0.0153. The van der Waals surface area contributed by atoms with Crippen LogP contribution < -0.4 is 5.32 Å². The molecular formula is C12H25NO2. The van der Waals surface area contributed by atoms with Crippen LogP contribution in [0.15, 0.2) is 0 Å². The molecule has 0 aliphatic carbocycles. The number of nitrogens with one attached hydrogen (secondary N) is 1. The zero-order valence-electron chi connectivity index (χ0n) is 10.3. The molecule has 90 valence electrons. The molecule has 1 fully saturated rings. The molecule has 0 saturated carbocycles. The minimum absolute atomic E-state index is 0.0153.